The van der Waals surface area contributed by atoms with E-state index in [-0.39, 0.29) is 22.7 Å². The second-order valence-corrected chi connectivity index (χ2v) is 8.08. The predicted molar refractivity (Wildman–Crippen MR) is 98.7 cm³/mol. The molecule has 0 unspecified atom stereocenters. The second kappa shape index (κ2) is 9.18. The number of hydrogen-bond donors (Lipinski definition) is 1. The van der Waals surface area contributed by atoms with Gasteiger partial charge in [0.1, 0.15) is 5.75 Å². The summed E-state index contributed by atoms with van der Waals surface area (Å²) in [6.07, 6.45) is 1.03. The van der Waals surface area contributed by atoms with Crippen molar-refractivity contribution in [3.05, 3.63) is 24.3 Å². The van der Waals surface area contributed by atoms with Crippen LogP contribution in [0.4, 0.5) is 0 Å². The molecule has 1 aliphatic heterocycles. The molecule has 1 N–H and O–H groups in total. The summed E-state index contributed by atoms with van der Waals surface area (Å²) in [5, 5.41) is 0. The zero-order valence-electron chi connectivity index (χ0n) is 15.8. The van der Waals surface area contributed by atoms with Crippen molar-refractivity contribution < 1.29 is 27.5 Å². The lowest BCUT2D eigenvalue weighted by molar-refractivity contribution is -0.151. The summed E-state index contributed by atoms with van der Waals surface area (Å²) >= 11 is 0. The molecule has 1 heterocycles. The molecule has 1 aromatic rings. The maximum absolute atomic E-state index is 12.6. The van der Waals surface area contributed by atoms with Crippen molar-refractivity contribution >= 4 is 21.9 Å². The highest BCUT2D eigenvalue weighted by atomic mass is 32.2. The monoisotopic (exact) mass is 398 g/mol. The highest BCUT2D eigenvalue weighted by molar-refractivity contribution is 7.89. The Bertz CT molecular complexity index is 755. The van der Waals surface area contributed by atoms with E-state index in [9.17, 15) is 18.0 Å². The van der Waals surface area contributed by atoms with Crippen LogP contribution < -0.4 is 9.46 Å². The summed E-state index contributed by atoms with van der Waals surface area (Å²) in [6.45, 7) is 4.41. The largest absolute Gasteiger partial charge is 0.497 e. The minimum absolute atomic E-state index is 0.0592. The van der Waals surface area contributed by atoms with Crippen LogP contribution in [-0.2, 0) is 24.3 Å². The first kappa shape index (κ1) is 21.2. The van der Waals surface area contributed by atoms with Crippen molar-refractivity contribution in [2.24, 2.45) is 5.92 Å². The Balaban J connectivity index is 1.94. The molecule has 1 aliphatic rings. The van der Waals surface area contributed by atoms with Gasteiger partial charge >= 0.3 is 5.97 Å². The van der Waals surface area contributed by atoms with Crippen LogP contribution in [0.1, 0.15) is 26.7 Å². The van der Waals surface area contributed by atoms with E-state index in [1.807, 2.05) is 0 Å². The van der Waals surface area contributed by atoms with Gasteiger partial charge in [-0.3, -0.25) is 9.59 Å². The van der Waals surface area contributed by atoms with Crippen LogP contribution in [0.3, 0.4) is 0 Å². The number of hydrogen-bond acceptors (Lipinski definition) is 6. The molecule has 1 fully saturated rings. The van der Waals surface area contributed by atoms with Gasteiger partial charge in [-0.25, -0.2) is 8.42 Å². The summed E-state index contributed by atoms with van der Waals surface area (Å²) in [4.78, 5) is 26.0. The van der Waals surface area contributed by atoms with E-state index in [1.54, 1.807) is 24.0 Å². The molecule has 0 spiro atoms. The number of methoxy groups -OCH3 is 1. The molecule has 0 radical (unpaired) electrons. The van der Waals surface area contributed by atoms with E-state index in [0.29, 0.717) is 38.3 Å². The molecular formula is C18H26N2O6S. The van der Waals surface area contributed by atoms with Gasteiger partial charge in [0.25, 0.3) is 0 Å². The highest BCUT2D eigenvalue weighted by Crippen LogP contribution is 2.20. The predicted octanol–water partition coefficient (Wildman–Crippen LogP) is 1.16. The smallest absolute Gasteiger partial charge is 0.309 e. The van der Waals surface area contributed by atoms with Crippen LogP contribution in [-0.4, -0.2) is 58.0 Å². The molecule has 2 rings (SSSR count). The summed E-state index contributed by atoms with van der Waals surface area (Å²) in [6, 6.07) is 5.02. The van der Waals surface area contributed by atoms with Crippen molar-refractivity contribution in [1.29, 1.82) is 0 Å². The summed E-state index contributed by atoms with van der Waals surface area (Å²) in [5.41, 5.74) is 0. The lowest BCUT2D eigenvalue weighted by atomic mass is 9.96. The fourth-order valence-electron chi connectivity index (χ4n) is 2.98. The molecule has 0 aliphatic carbocycles. The lowest BCUT2D eigenvalue weighted by Gasteiger charge is -2.32. The second-order valence-electron chi connectivity index (χ2n) is 6.37. The van der Waals surface area contributed by atoms with Crippen molar-refractivity contribution in [2.75, 3.05) is 26.8 Å². The quantitative estimate of drug-likeness (QED) is 0.692. The number of rotatable bonds is 7. The van der Waals surface area contributed by atoms with Gasteiger partial charge in [0.15, 0.2) is 0 Å². The first-order valence-corrected chi connectivity index (χ1v) is 10.4. The Morgan fingerprint density at radius 2 is 1.81 bits per heavy atom. The van der Waals surface area contributed by atoms with Gasteiger partial charge in [0.05, 0.1) is 30.6 Å². The molecule has 1 aromatic carbocycles. The number of esters is 1. The molecule has 0 bridgehead atoms. The number of nitrogens with one attached hydrogen (secondary N) is 1. The number of carbonyl (C=O) groups is 2. The Labute approximate surface area is 159 Å². The van der Waals surface area contributed by atoms with E-state index >= 15 is 0 Å². The lowest BCUT2D eigenvalue weighted by Crippen LogP contribution is -2.49. The van der Waals surface area contributed by atoms with Gasteiger partial charge in [-0.1, -0.05) is 0 Å². The van der Waals surface area contributed by atoms with E-state index in [2.05, 4.69) is 4.72 Å². The standard InChI is InChI=1S/C18H26N2O6S/c1-4-26-18(22)14-9-11-20(12-10-14)17(21)13(2)19-27(23,24)16-7-5-15(25-3)6-8-16/h5-8,13-14,19H,4,9-12H2,1-3H3/t13-/m1/s1. The maximum Gasteiger partial charge on any atom is 0.309 e. The molecular weight excluding hydrogens is 372 g/mol. The van der Waals surface area contributed by atoms with Crippen molar-refractivity contribution in [3.8, 4) is 5.75 Å². The first-order valence-electron chi connectivity index (χ1n) is 8.90. The zero-order valence-corrected chi connectivity index (χ0v) is 16.6. The number of nitrogens with zero attached hydrogens (tertiary/aromatic N) is 1. The Hall–Kier alpha value is -2.13. The van der Waals surface area contributed by atoms with Crippen LogP contribution in [0.25, 0.3) is 0 Å². The van der Waals surface area contributed by atoms with Gasteiger partial charge in [-0.05, 0) is 51.0 Å². The highest BCUT2D eigenvalue weighted by Gasteiger charge is 2.31. The van der Waals surface area contributed by atoms with Gasteiger partial charge < -0.3 is 14.4 Å². The summed E-state index contributed by atoms with van der Waals surface area (Å²) in [5.74, 6) is -0.213. The van der Waals surface area contributed by atoms with Crippen molar-refractivity contribution in [2.45, 2.75) is 37.6 Å². The van der Waals surface area contributed by atoms with Crippen LogP contribution in [0.15, 0.2) is 29.2 Å². The van der Waals surface area contributed by atoms with Crippen LogP contribution in [0.2, 0.25) is 0 Å². The maximum atomic E-state index is 12.6. The van der Waals surface area contributed by atoms with E-state index in [0.717, 1.165) is 0 Å². The molecule has 1 atom stereocenters. The third-order valence-corrected chi connectivity index (χ3v) is 6.06. The van der Waals surface area contributed by atoms with E-state index in [1.165, 1.54) is 26.2 Å². The average molecular weight is 398 g/mol. The normalized spacial score (nSPS) is 16.6. The van der Waals surface area contributed by atoms with Crippen LogP contribution in [0, 0.1) is 5.92 Å². The van der Waals surface area contributed by atoms with E-state index < -0.39 is 16.1 Å². The number of likely N-dealkylation sites (tertiary alicyclic amines) is 1. The fraction of sp³-hybridized carbons (Fsp3) is 0.556. The third-order valence-electron chi connectivity index (χ3n) is 4.50. The third kappa shape index (κ3) is 5.43. The number of ether oxygens (including phenoxy) is 2. The first-order chi connectivity index (χ1) is 12.8. The van der Waals surface area contributed by atoms with Gasteiger partial charge in [-0.15, -0.1) is 0 Å². The molecule has 27 heavy (non-hydrogen) atoms. The van der Waals surface area contributed by atoms with Gasteiger partial charge in [0, 0.05) is 13.1 Å². The molecule has 150 valence electrons. The number of piperidine rings is 1. The topological polar surface area (TPSA) is 102 Å². The number of amides is 1. The SMILES string of the molecule is CCOC(=O)C1CCN(C(=O)[C@@H](C)NS(=O)(=O)c2ccc(OC)cc2)CC1. The van der Waals surface area contributed by atoms with Crippen LogP contribution >= 0.6 is 0 Å². The summed E-state index contributed by atoms with van der Waals surface area (Å²) < 4.78 is 37.4. The van der Waals surface area contributed by atoms with Gasteiger partial charge in [0.2, 0.25) is 15.9 Å². The number of carbonyl (C=O) groups excluding carboxylic acids is 2. The van der Waals surface area contributed by atoms with Gasteiger partial charge in [-0.2, -0.15) is 4.72 Å². The van der Waals surface area contributed by atoms with Crippen LogP contribution in [0.5, 0.6) is 5.75 Å². The number of sulfonamides is 1. The fourth-order valence-corrected chi connectivity index (χ4v) is 4.17. The summed E-state index contributed by atoms with van der Waals surface area (Å²) in [7, 11) is -2.33. The molecule has 0 saturated carbocycles. The molecule has 8 nitrogen and oxygen atoms in total. The van der Waals surface area contributed by atoms with Crippen molar-refractivity contribution in [3.63, 3.8) is 0 Å². The molecule has 1 amide bonds. The average Bonchev–Trinajstić information content (AvgIpc) is 2.67. The Kier molecular flexibility index (Phi) is 7.20. The van der Waals surface area contributed by atoms with E-state index in [4.69, 9.17) is 9.47 Å². The molecule has 1 saturated heterocycles. The Morgan fingerprint density at radius 1 is 1.22 bits per heavy atom. The molecule has 9 heteroatoms. The minimum atomic E-state index is -3.83. The minimum Gasteiger partial charge on any atom is -0.497 e. The van der Waals surface area contributed by atoms with Crippen molar-refractivity contribution in [1.82, 2.24) is 9.62 Å². The number of benzene rings is 1. The Morgan fingerprint density at radius 3 is 2.33 bits per heavy atom. The molecule has 0 aromatic heterocycles. The zero-order chi connectivity index (χ0) is 20.0.